The molecule has 0 aliphatic carbocycles. The highest BCUT2D eigenvalue weighted by Crippen LogP contribution is 2.14. The summed E-state index contributed by atoms with van der Waals surface area (Å²) in [7, 11) is 0. The van der Waals surface area contributed by atoms with Gasteiger partial charge in [0.1, 0.15) is 12.4 Å². The van der Waals surface area contributed by atoms with Crippen LogP contribution in [0.15, 0.2) is 12.4 Å². The molecule has 0 saturated heterocycles. The van der Waals surface area contributed by atoms with Crippen molar-refractivity contribution in [1.82, 2.24) is 4.57 Å². The lowest BCUT2D eigenvalue weighted by Gasteiger charge is -2.07. The van der Waals surface area contributed by atoms with Gasteiger partial charge in [-0.15, -0.1) is 0 Å². The molecule has 2 heteroatoms. The van der Waals surface area contributed by atoms with Crippen LogP contribution in [0.1, 0.15) is 168 Å². The van der Waals surface area contributed by atoms with E-state index in [9.17, 15) is 0 Å². The average Bonchev–Trinajstić information content (AvgIpc) is 3.21. The molecule has 1 rings (SSSR count). The highest BCUT2D eigenvalue weighted by atomic mass is 15.1. The first-order chi connectivity index (χ1) is 16.3. The van der Waals surface area contributed by atoms with Gasteiger partial charge in [-0.3, -0.25) is 0 Å². The number of nitrogens with zero attached hydrogens (tertiary/aromatic N) is 2. The zero-order chi connectivity index (χ0) is 23.8. The van der Waals surface area contributed by atoms with Gasteiger partial charge in [0.15, 0.2) is 0 Å². The second-order valence-electron chi connectivity index (χ2n) is 10.6. The van der Waals surface area contributed by atoms with E-state index in [-0.39, 0.29) is 0 Å². The van der Waals surface area contributed by atoms with E-state index in [2.05, 4.69) is 42.3 Å². The van der Waals surface area contributed by atoms with E-state index >= 15 is 0 Å². The van der Waals surface area contributed by atoms with Crippen molar-refractivity contribution in [3.8, 4) is 0 Å². The molecule has 1 aromatic rings. The van der Waals surface area contributed by atoms with E-state index in [0.29, 0.717) is 0 Å². The summed E-state index contributed by atoms with van der Waals surface area (Å²) in [6.45, 7) is 9.37. The fourth-order valence-corrected chi connectivity index (χ4v) is 5.09. The molecule has 1 heterocycles. The largest absolute Gasteiger partial charge is 0.256 e. The van der Waals surface area contributed by atoms with E-state index in [1.54, 1.807) is 5.82 Å². The zero-order valence-corrected chi connectivity index (χ0v) is 23.2. The maximum atomic E-state index is 2.59. The van der Waals surface area contributed by atoms with Crippen molar-refractivity contribution in [2.24, 2.45) is 0 Å². The Balaban J connectivity index is 2.28. The summed E-state index contributed by atoms with van der Waals surface area (Å²) in [5.74, 6) is 1.60. The molecule has 0 spiro atoms. The van der Waals surface area contributed by atoms with Gasteiger partial charge in [-0.1, -0.05) is 130 Å². The van der Waals surface area contributed by atoms with E-state index in [4.69, 9.17) is 0 Å². The second kappa shape index (κ2) is 23.0. The van der Waals surface area contributed by atoms with E-state index < -0.39 is 0 Å². The fourth-order valence-electron chi connectivity index (χ4n) is 5.09. The predicted molar refractivity (Wildman–Crippen MR) is 147 cm³/mol. The Bertz CT molecular complexity index is 487. The average molecular weight is 462 g/mol. The molecule has 33 heavy (non-hydrogen) atoms. The molecule has 194 valence electrons. The molecule has 0 aromatic carbocycles. The molecular formula is C31H61N2+. The van der Waals surface area contributed by atoms with Crippen LogP contribution in [0.2, 0.25) is 0 Å². The summed E-state index contributed by atoms with van der Waals surface area (Å²) in [6, 6.07) is 0. The van der Waals surface area contributed by atoms with Crippen molar-refractivity contribution >= 4 is 0 Å². The van der Waals surface area contributed by atoms with Gasteiger partial charge in [0.05, 0.1) is 13.1 Å². The summed E-state index contributed by atoms with van der Waals surface area (Å²) in [5, 5.41) is 0. The van der Waals surface area contributed by atoms with E-state index in [1.165, 1.54) is 161 Å². The van der Waals surface area contributed by atoms with E-state index in [1.807, 2.05) is 0 Å². The topological polar surface area (TPSA) is 8.81 Å². The molecule has 0 fully saturated rings. The van der Waals surface area contributed by atoms with Crippen LogP contribution >= 0.6 is 0 Å². The quantitative estimate of drug-likeness (QED) is 0.101. The van der Waals surface area contributed by atoms with Crippen molar-refractivity contribution < 1.29 is 4.57 Å². The van der Waals surface area contributed by atoms with Gasteiger partial charge in [-0.25, -0.2) is 9.13 Å². The SMILES string of the molecule is CCCCCCCCCCCCCCc1n(CCCCCCC)cc[n+]1CCCCCCC. The molecule has 0 atom stereocenters. The van der Waals surface area contributed by atoms with Gasteiger partial charge in [0, 0.05) is 6.42 Å². The molecule has 0 bridgehead atoms. The number of hydrogen-bond acceptors (Lipinski definition) is 0. The number of imidazole rings is 1. The van der Waals surface area contributed by atoms with Crippen molar-refractivity contribution in [2.45, 2.75) is 182 Å². The molecule has 0 N–H and O–H groups in total. The Morgan fingerprint density at radius 3 is 1.45 bits per heavy atom. The minimum absolute atomic E-state index is 1.22. The lowest BCUT2D eigenvalue weighted by atomic mass is 10.0. The Morgan fingerprint density at radius 2 is 0.939 bits per heavy atom. The second-order valence-corrected chi connectivity index (χ2v) is 10.6. The highest BCUT2D eigenvalue weighted by molar-refractivity contribution is 4.84. The normalized spacial score (nSPS) is 11.5. The van der Waals surface area contributed by atoms with Crippen LogP contribution in [0.5, 0.6) is 0 Å². The highest BCUT2D eigenvalue weighted by Gasteiger charge is 2.16. The third-order valence-corrected chi connectivity index (χ3v) is 7.35. The van der Waals surface area contributed by atoms with Crippen LogP contribution in [0.4, 0.5) is 0 Å². The van der Waals surface area contributed by atoms with Crippen molar-refractivity contribution in [2.75, 3.05) is 0 Å². The summed E-state index contributed by atoms with van der Waals surface area (Å²) in [6.07, 6.45) is 37.0. The Hall–Kier alpha value is -0.790. The summed E-state index contributed by atoms with van der Waals surface area (Å²) < 4.78 is 5.19. The number of rotatable bonds is 25. The minimum atomic E-state index is 1.22. The third kappa shape index (κ3) is 16.5. The molecule has 0 unspecified atom stereocenters. The van der Waals surface area contributed by atoms with Crippen molar-refractivity contribution in [3.63, 3.8) is 0 Å². The van der Waals surface area contributed by atoms with Crippen LogP contribution in [0.3, 0.4) is 0 Å². The van der Waals surface area contributed by atoms with Crippen LogP contribution < -0.4 is 4.57 Å². The number of aromatic nitrogens is 2. The monoisotopic (exact) mass is 461 g/mol. The first-order valence-corrected chi connectivity index (χ1v) is 15.4. The molecule has 1 aromatic heterocycles. The van der Waals surface area contributed by atoms with Gasteiger partial charge in [-0.05, 0) is 32.1 Å². The van der Waals surface area contributed by atoms with E-state index in [0.717, 1.165) is 0 Å². The lowest BCUT2D eigenvalue weighted by molar-refractivity contribution is -0.704. The lowest BCUT2D eigenvalue weighted by Crippen LogP contribution is -2.37. The van der Waals surface area contributed by atoms with Gasteiger partial charge in [-0.2, -0.15) is 0 Å². The van der Waals surface area contributed by atoms with Crippen LogP contribution in [-0.2, 0) is 19.5 Å². The van der Waals surface area contributed by atoms with Crippen LogP contribution in [-0.4, -0.2) is 4.57 Å². The molecular weight excluding hydrogens is 400 g/mol. The Kier molecular flexibility index (Phi) is 21.1. The first kappa shape index (κ1) is 30.2. The Labute approximate surface area is 208 Å². The van der Waals surface area contributed by atoms with Gasteiger partial charge < -0.3 is 0 Å². The smallest absolute Gasteiger partial charge is 0.234 e. The fraction of sp³-hybridized carbons (Fsp3) is 0.903. The summed E-state index contributed by atoms with van der Waals surface area (Å²) >= 11 is 0. The number of aryl methyl sites for hydroxylation is 2. The van der Waals surface area contributed by atoms with Crippen molar-refractivity contribution in [3.05, 3.63) is 18.2 Å². The molecule has 0 amide bonds. The predicted octanol–water partition coefficient (Wildman–Crippen LogP) is 9.96. The number of hydrogen-bond donors (Lipinski definition) is 0. The zero-order valence-electron chi connectivity index (χ0n) is 23.2. The van der Waals surface area contributed by atoms with Gasteiger partial charge >= 0.3 is 0 Å². The molecule has 0 saturated carbocycles. The standard InChI is InChI=1S/C31H61N2/c1-4-7-10-13-14-15-16-17-18-19-20-23-26-31-32(27-24-21-11-8-5-2)29-30-33(31)28-25-22-12-9-6-3/h29-30H,4-28H2,1-3H3/q+1. The molecule has 0 aliphatic heterocycles. The van der Waals surface area contributed by atoms with Crippen LogP contribution in [0, 0.1) is 0 Å². The maximum Gasteiger partial charge on any atom is 0.256 e. The molecule has 0 radical (unpaired) electrons. The third-order valence-electron chi connectivity index (χ3n) is 7.35. The van der Waals surface area contributed by atoms with Crippen LogP contribution in [0.25, 0.3) is 0 Å². The minimum Gasteiger partial charge on any atom is -0.234 e. The molecule has 2 nitrogen and oxygen atoms in total. The van der Waals surface area contributed by atoms with Gasteiger partial charge in [0.2, 0.25) is 0 Å². The van der Waals surface area contributed by atoms with Crippen molar-refractivity contribution in [1.29, 1.82) is 0 Å². The summed E-state index contributed by atoms with van der Waals surface area (Å²) in [4.78, 5) is 0. The first-order valence-electron chi connectivity index (χ1n) is 15.4. The van der Waals surface area contributed by atoms with Gasteiger partial charge in [0.25, 0.3) is 5.82 Å². The number of unbranched alkanes of at least 4 members (excludes halogenated alkanes) is 19. The maximum absolute atomic E-state index is 2.59. The summed E-state index contributed by atoms with van der Waals surface area (Å²) in [5.41, 5.74) is 0. The molecule has 0 aliphatic rings. The Morgan fingerprint density at radius 1 is 0.515 bits per heavy atom.